The van der Waals surface area contributed by atoms with E-state index < -0.39 is 5.60 Å². The molecule has 2 aliphatic rings. The van der Waals surface area contributed by atoms with Gasteiger partial charge in [-0.3, -0.25) is 5.32 Å². The molecular formula is C14H21N3O3. The summed E-state index contributed by atoms with van der Waals surface area (Å²) < 4.78 is 5.29. The third-order valence-corrected chi connectivity index (χ3v) is 4.75. The van der Waals surface area contributed by atoms with Gasteiger partial charge in [0.25, 0.3) is 0 Å². The van der Waals surface area contributed by atoms with Gasteiger partial charge < -0.3 is 14.8 Å². The molecule has 3 rings (SSSR count). The Labute approximate surface area is 118 Å². The Morgan fingerprint density at radius 3 is 2.85 bits per heavy atom. The molecule has 0 spiro atoms. The first-order chi connectivity index (χ1) is 9.46. The van der Waals surface area contributed by atoms with Crippen molar-refractivity contribution >= 4 is 12.0 Å². The van der Waals surface area contributed by atoms with Gasteiger partial charge in [0.15, 0.2) is 0 Å². The molecule has 2 aliphatic carbocycles. The molecule has 0 aliphatic heterocycles. The highest BCUT2D eigenvalue weighted by Crippen LogP contribution is 2.50. The molecule has 0 radical (unpaired) electrons. The minimum atomic E-state index is -0.733. The zero-order chi connectivity index (χ0) is 14.3. The fraction of sp³-hybridized carbons (Fsp3) is 0.714. The molecule has 3 atom stereocenters. The Hall–Kier alpha value is -1.56. The summed E-state index contributed by atoms with van der Waals surface area (Å²) in [5.41, 5.74) is 0.0231. The van der Waals surface area contributed by atoms with Crippen LogP contribution in [-0.2, 0) is 0 Å². The van der Waals surface area contributed by atoms with E-state index in [1.165, 1.54) is 6.42 Å². The molecule has 2 amide bonds. The van der Waals surface area contributed by atoms with E-state index in [4.69, 9.17) is 4.42 Å². The average molecular weight is 279 g/mol. The number of carbonyl (C=O) groups excluding carboxylic acids is 1. The van der Waals surface area contributed by atoms with Crippen LogP contribution in [0.15, 0.2) is 4.42 Å². The maximum atomic E-state index is 11.8. The SMILES string of the molecule is Cc1nc(NC(=O)NC[C@@]2(O)C[C@H]3CC[C@@H]2C3)oc1C. The van der Waals surface area contributed by atoms with E-state index >= 15 is 0 Å². The number of aliphatic hydroxyl groups is 1. The van der Waals surface area contributed by atoms with E-state index in [1.807, 2.05) is 6.92 Å². The summed E-state index contributed by atoms with van der Waals surface area (Å²) in [4.78, 5) is 15.9. The maximum absolute atomic E-state index is 11.8. The second-order valence-electron chi connectivity index (χ2n) is 6.15. The molecule has 0 aromatic carbocycles. The van der Waals surface area contributed by atoms with Gasteiger partial charge in [0, 0.05) is 6.54 Å². The quantitative estimate of drug-likeness (QED) is 0.789. The van der Waals surface area contributed by atoms with Gasteiger partial charge >= 0.3 is 12.0 Å². The lowest BCUT2D eigenvalue weighted by Crippen LogP contribution is -2.47. The zero-order valence-electron chi connectivity index (χ0n) is 11.9. The maximum Gasteiger partial charge on any atom is 0.322 e. The molecule has 2 saturated carbocycles. The number of fused-ring (bicyclic) bond motifs is 2. The molecule has 6 heteroatoms. The predicted octanol–water partition coefficient (Wildman–Crippen LogP) is 1.96. The highest BCUT2D eigenvalue weighted by Gasteiger charge is 2.49. The first-order valence-electron chi connectivity index (χ1n) is 7.17. The molecule has 2 bridgehead atoms. The van der Waals surface area contributed by atoms with Crippen LogP contribution in [0.25, 0.3) is 0 Å². The largest absolute Gasteiger partial charge is 0.428 e. The number of hydrogen-bond donors (Lipinski definition) is 3. The van der Waals surface area contributed by atoms with Gasteiger partial charge in [0.05, 0.1) is 11.3 Å². The number of aryl methyl sites for hydroxylation is 2. The van der Waals surface area contributed by atoms with Crippen LogP contribution < -0.4 is 10.6 Å². The van der Waals surface area contributed by atoms with E-state index in [-0.39, 0.29) is 12.0 Å². The summed E-state index contributed by atoms with van der Waals surface area (Å²) in [5, 5.41) is 15.8. The summed E-state index contributed by atoms with van der Waals surface area (Å²) in [5.74, 6) is 1.65. The molecule has 0 saturated heterocycles. The molecule has 0 unspecified atom stereocenters. The molecule has 20 heavy (non-hydrogen) atoms. The Bertz CT molecular complexity index is 508. The van der Waals surface area contributed by atoms with Gasteiger partial charge in [0.1, 0.15) is 5.76 Å². The summed E-state index contributed by atoms with van der Waals surface area (Å²) in [6, 6.07) is -0.195. The Morgan fingerprint density at radius 2 is 2.30 bits per heavy atom. The van der Waals surface area contributed by atoms with Crippen LogP contribution in [-0.4, -0.2) is 28.3 Å². The van der Waals surface area contributed by atoms with E-state index in [1.54, 1.807) is 6.92 Å². The molecule has 1 aromatic rings. The summed E-state index contributed by atoms with van der Waals surface area (Å²) in [7, 11) is 0. The monoisotopic (exact) mass is 279 g/mol. The van der Waals surface area contributed by atoms with Crippen molar-refractivity contribution in [3.63, 3.8) is 0 Å². The summed E-state index contributed by atoms with van der Waals surface area (Å²) >= 11 is 0. The van der Waals surface area contributed by atoms with E-state index in [0.29, 0.717) is 24.1 Å². The van der Waals surface area contributed by atoms with Crippen LogP contribution in [0.3, 0.4) is 0 Å². The second-order valence-corrected chi connectivity index (χ2v) is 6.15. The summed E-state index contributed by atoms with van der Waals surface area (Å²) in [6.07, 6.45) is 4.18. The molecule has 1 aromatic heterocycles. The molecular weight excluding hydrogens is 258 g/mol. The lowest BCUT2D eigenvalue weighted by molar-refractivity contribution is -0.00916. The van der Waals surface area contributed by atoms with Gasteiger partial charge in [-0.25, -0.2) is 4.79 Å². The minimum absolute atomic E-state index is 0.192. The number of anilines is 1. The van der Waals surface area contributed by atoms with Crippen molar-refractivity contribution in [2.45, 2.75) is 45.1 Å². The van der Waals surface area contributed by atoms with Gasteiger partial charge in [-0.05, 0) is 51.4 Å². The number of nitrogens with one attached hydrogen (secondary N) is 2. The Morgan fingerprint density at radius 1 is 1.50 bits per heavy atom. The van der Waals surface area contributed by atoms with Gasteiger partial charge in [-0.2, -0.15) is 4.98 Å². The smallest absolute Gasteiger partial charge is 0.322 e. The minimum Gasteiger partial charge on any atom is -0.428 e. The number of oxazole rings is 1. The highest BCUT2D eigenvalue weighted by atomic mass is 16.4. The van der Waals surface area contributed by atoms with Crippen molar-refractivity contribution in [1.29, 1.82) is 0 Å². The van der Waals surface area contributed by atoms with Crippen molar-refractivity contribution in [1.82, 2.24) is 10.3 Å². The molecule has 110 valence electrons. The molecule has 1 heterocycles. The van der Waals surface area contributed by atoms with Crippen LogP contribution in [0.1, 0.15) is 37.1 Å². The van der Waals surface area contributed by atoms with Crippen molar-refractivity contribution in [2.24, 2.45) is 11.8 Å². The lowest BCUT2D eigenvalue weighted by atomic mass is 9.84. The topological polar surface area (TPSA) is 87.4 Å². The van der Waals surface area contributed by atoms with Crippen molar-refractivity contribution in [2.75, 3.05) is 11.9 Å². The first-order valence-corrected chi connectivity index (χ1v) is 7.17. The third kappa shape index (κ3) is 2.40. The zero-order valence-corrected chi connectivity index (χ0v) is 11.9. The second kappa shape index (κ2) is 4.77. The molecule has 6 nitrogen and oxygen atoms in total. The predicted molar refractivity (Wildman–Crippen MR) is 73.4 cm³/mol. The number of carbonyl (C=O) groups is 1. The number of rotatable bonds is 3. The number of urea groups is 1. The van der Waals surface area contributed by atoms with Crippen LogP contribution in [0.5, 0.6) is 0 Å². The van der Waals surface area contributed by atoms with E-state index in [0.717, 1.165) is 25.0 Å². The average Bonchev–Trinajstić information content (AvgIpc) is 3.03. The number of aromatic nitrogens is 1. The standard InChI is InChI=1S/C14H21N3O3/c1-8-9(2)20-13(16-8)17-12(18)15-7-14(19)6-10-3-4-11(14)5-10/h10-11,19H,3-7H2,1-2H3,(H2,15,16,17,18)/t10-,11+,14-/m0/s1. The van der Waals surface area contributed by atoms with Crippen LogP contribution >= 0.6 is 0 Å². The van der Waals surface area contributed by atoms with Crippen molar-refractivity contribution in [3.8, 4) is 0 Å². The fourth-order valence-electron chi connectivity index (χ4n) is 3.53. The van der Waals surface area contributed by atoms with Crippen LogP contribution in [0, 0.1) is 25.7 Å². The van der Waals surface area contributed by atoms with Gasteiger partial charge in [0.2, 0.25) is 0 Å². The molecule has 3 N–H and O–H groups in total. The normalized spacial score (nSPS) is 31.6. The number of nitrogens with zero attached hydrogens (tertiary/aromatic N) is 1. The summed E-state index contributed by atoms with van der Waals surface area (Å²) in [6.45, 7) is 3.90. The van der Waals surface area contributed by atoms with E-state index in [9.17, 15) is 9.90 Å². The molecule has 2 fully saturated rings. The first kappa shape index (κ1) is 13.4. The number of amides is 2. The van der Waals surface area contributed by atoms with Gasteiger partial charge in [-0.1, -0.05) is 0 Å². The van der Waals surface area contributed by atoms with E-state index in [2.05, 4.69) is 15.6 Å². The van der Waals surface area contributed by atoms with Crippen molar-refractivity contribution < 1.29 is 14.3 Å². The van der Waals surface area contributed by atoms with Crippen LogP contribution in [0.4, 0.5) is 10.8 Å². The fourth-order valence-corrected chi connectivity index (χ4v) is 3.53. The Kier molecular flexibility index (Phi) is 3.20. The van der Waals surface area contributed by atoms with Crippen molar-refractivity contribution in [3.05, 3.63) is 11.5 Å². The third-order valence-electron chi connectivity index (χ3n) is 4.75. The van der Waals surface area contributed by atoms with Crippen LogP contribution in [0.2, 0.25) is 0 Å². The lowest BCUT2D eigenvalue weighted by Gasteiger charge is -2.32. The highest BCUT2D eigenvalue weighted by molar-refractivity contribution is 5.87. The number of hydrogen-bond acceptors (Lipinski definition) is 4. The Balaban J connectivity index is 1.52. The van der Waals surface area contributed by atoms with Gasteiger partial charge in [-0.15, -0.1) is 0 Å².